The Morgan fingerprint density at radius 1 is 1.40 bits per heavy atom. The molecule has 0 fully saturated rings. The Morgan fingerprint density at radius 3 is 2.60 bits per heavy atom. The molecule has 0 amide bonds. The van der Waals surface area contributed by atoms with E-state index in [4.69, 9.17) is 4.74 Å². The molecular formula is C11H14F2O2. The van der Waals surface area contributed by atoms with Crippen LogP contribution >= 0.6 is 0 Å². The Hall–Kier alpha value is -1.16. The number of hydrogen-bond donors (Lipinski definition) is 1. The highest BCUT2D eigenvalue weighted by atomic mass is 19.1. The van der Waals surface area contributed by atoms with Crippen LogP contribution in [0.25, 0.3) is 0 Å². The Bertz CT molecular complexity index is 328. The van der Waals surface area contributed by atoms with Gasteiger partial charge in [-0.2, -0.15) is 0 Å². The smallest absolute Gasteiger partial charge is 0.167 e. The predicted octanol–water partition coefficient (Wildman–Crippen LogP) is 2.50. The lowest BCUT2D eigenvalue weighted by Crippen LogP contribution is -2.28. The van der Waals surface area contributed by atoms with Gasteiger partial charge in [-0.05, 0) is 25.5 Å². The van der Waals surface area contributed by atoms with Gasteiger partial charge < -0.3 is 9.84 Å². The van der Waals surface area contributed by atoms with Crippen LogP contribution in [0.5, 0.6) is 5.75 Å². The number of hydrogen-bond acceptors (Lipinski definition) is 2. The molecule has 2 nitrogen and oxygen atoms in total. The van der Waals surface area contributed by atoms with Crippen LogP contribution in [0.2, 0.25) is 0 Å². The molecule has 0 saturated carbocycles. The molecule has 1 rings (SSSR count). The average Bonchev–Trinajstić information content (AvgIpc) is 2.20. The van der Waals surface area contributed by atoms with Crippen molar-refractivity contribution in [1.29, 1.82) is 0 Å². The second kappa shape index (κ2) is 5.07. The minimum absolute atomic E-state index is 0.0450. The van der Waals surface area contributed by atoms with Gasteiger partial charge >= 0.3 is 0 Å². The SMILES string of the molecule is CCC(O)C(C)Oc1ccc(F)cc1F. The lowest BCUT2D eigenvalue weighted by molar-refractivity contribution is 0.0428. The van der Waals surface area contributed by atoms with E-state index in [1.54, 1.807) is 13.8 Å². The Labute approximate surface area is 87.5 Å². The lowest BCUT2D eigenvalue weighted by Gasteiger charge is -2.19. The van der Waals surface area contributed by atoms with Gasteiger partial charge in [-0.15, -0.1) is 0 Å². The zero-order valence-corrected chi connectivity index (χ0v) is 8.71. The Morgan fingerprint density at radius 2 is 2.07 bits per heavy atom. The first-order chi connectivity index (χ1) is 7.04. The van der Waals surface area contributed by atoms with Gasteiger partial charge in [0.05, 0.1) is 6.10 Å². The van der Waals surface area contributed by atoms with E-state index in [2.05, 4.69) is 0 Å². The van der Waals surface area contributed by atoms with Gasteiger partial charge in [-0.3, -0.25) is 0 Å². The standard InChI is InChI=1S/C11H14F2O2/c1-3-10(14)7(2)15-11-5-4-8(12)6-9(11)13/h4-7,10,14H,3H2,1-2H3. The summed E-state index contributed by atoms with van der Waals surface area (Å²) in [5.74, 6) is -1.45. The first kappa shape index (κ1) is 11.9. The molecule has 1 aromatic carbocycles. The second-order valence-corrected chi connectivity index (χ2v) is 3.37. The fraction of sp³-hybridized carbons (Fsp3) is 0.455. The van der Waals surface area contributed by atoms with Crippen LogP contribution in [-0.2, 0) is 0 Å². The third-order valence-electron chi connectivity index (χ3n) is 2.17. The first-order valence-electron chi connectivity index (χ1n) is 4.84. The lowest BCUT2D eigenvalue weighted by atomic mass is 10.2. The van der Waals surface area contributed by atoms with E-state index in [0.717, 1.165) is 12.1 Å². The number of aliphatic hydroxyl groups is 1. The topological polar surface area (TPSA) is 29.5 Å². The number of benzene rings is 1. The highest BCUT2D eigenvalue weighted by molar-refractivity contribution is 5.24. The Balaban J connectivity index is 2.72. The number of halogens is 2. The van der Waals surface area contributed by atoms with Crippen LogP contribution in [-0.4, -0.2) is 17.3 Å². The van der Waals surface area contributed by atoms with Gasteiger partial charge in [0, 0.05) is 6.07 Å². The van der Waals surface area contributed by atoms with Gasteiger partial charge in [0.25, 0.3) is 0 Å². The summed E-state index contributed by atoms with van der Waals surface area (Å²) in [6.45, 7) is 3.43. The molecule has 0 radical (unpaired) electrons. The summed E-state index contributed by atoms with van der Waals surface area (Å²) in [5.41, 5.74) is 0. The highest BCUT2D eigenvalue weighted by Crippen LogP contribution is 2.20. The van der Waals surface area contributed by atoms with Crippen LogP contribution in [0.4, 0.5) is 8.78 Å². The zero-order chi connectivity index (χ0) is 11.4. The molecule has 2 unspecified atom stereocenters. The van der Waals surface area contributed by atoms with Crippen LogP contribution in [0.1, 0.15) is 20.3 Å². The number of rotatable bonds is 4. The van der Waals surface area contributed by atoms with E-state index >= 15 is 0 Å². The monoisotopic (exact) mass is 216 g/mol. The summed E-state index contributed by atoms with van der Waals surface area (Å²) in [4.78, 5) is 0. The maximum absolute atomic E-state index is 13.1. The van der Waals surface area contributed by atoms with Crippen molar-refractivity contribution < 1.29 is 18.6 Å². The molecule has 0 aliphatic heterocycles. The van der Waals surface area contributed by atoms with E-state index in [-0.39, 0.29) is 5.75 Å². The third kappa shape index (κ3) is 3.16. The minimum atomic E-state index is -0.759. The third-order valence-corrected chi connectivity index (χ3v) is 2.17. The summed E-state index contributed by atoms with van der Waals surface area (Å²) >= 11 is 0. The van der Waals surface area contributed by atoms with Gasteiger partial charge in [-0.25, -0.2) is 8.78 Å². The summed E-state index contributed by atoms with van der Waals surface area (Å²) in [7, 11) is 0. The van der Waals surface area contributed by atoms with Crippen LogP contribution in [0.3, 0.4) is 0 Å². The molecule has 4 heteroatoms. The Kier molecular flexibility index (Phi) is 4.03. The molecule has 0 aliphatic carbocycles. The van der Waals surface area contributed by atoms with Gasteiger partial charge in [0.1, 0.15) is 11.9 Å². The van der Waals surface area contributed by atoms with Crippen LogP contribution in [0.15, 0.2) is 18.2 Å². The normalized spacial score (nSPS) is 14.7. The summed E-state index contributed by atoms with van der Waals surface area (Å²) in [5, 5.41) is 9.41. The van der Waals surface area contributed by atoms with Crippen LogP contribution in [0, 0.1) is 11.6 Å². The minimum Gasteiger partial charge on any atom is -0.485 e. The molecular weight excluding hydrogens is 202 g/mol. The van der Waals surface area contributed by atoms with E-state index in [0.29, 0.717) is 6.42 Å². The fourth-order valence-electron chi connectivity index (χ4n) is 1.18. The van der Waals surface area contributed by atoms with E-state index in [1.807, 2.05) is 0 Å². The molecule has 84 valence electrons. The molecule has 15 heavy (non-hydrogen) atoms. The van der Waals surface area contributed by atoms with Crippen molar-refractivity contribution in [3.05, 3.63) is 29.8 Å². The first-order valence-corrected chi connectivity index (χ1v) is 4.84. The van der Waals surface area contributed by atoms with E-state index in [1.165, 1.54) is 6.07 Å². The molecule has 0 spiro atoms. The van der Waals surface area contributed by atoms with Crippen molar-refractivity contribution in [2.75, 3.05) is 0 Å². The van der Waals surface area contributed by atoms with Crippen molar-refractivity contribution in [3.8, 4) is 5.75 Å². The van der Waals surface area contributed by atoms with Crippen molar-refractivity contribution in [3.63, 3.8) is 0 Å². The average molecular weight is 216 g/mol. The highest BCUT2D eigenvalue weighted by Gasteiger charge is 2.15. The molecule has 0 aliphatic rings. The summed E-state index contributed by atoms with van der Waals surface area (Å²) in [6.07, 6.45) is -0.659. The van der Waals surface area contributed by atoms with Gasteiger partial charge in [0.15, 0.2) is 11.6 Å². The van der Waals surface area contributed by atoms with Gasteiger partial charge in [0.2, 0.25) is 0 Å². The second-order valence-electron chi connectivity index (χ2n) is 3.37. The van der Waals surface area contributed by atoms with Crippen LogP contribution < -0.4 is 4.74 Å². The molecule has 1 aromatic rings. The molecule has 0 heterocycles. The van der Waals surface area contributed by atoms with Crippen molar-refractivity contribution in [1.82, 2.24) is 0 Å². The summed E-state index contributed by atoms with van der Waals surface area (Å²) in [6, 6.07) is 3.08. The van der Waals surface area contributed by atoms with Crippen molar-refractivity contribution in [2.24, 2.45) is 0 Å². The molecule has 0 bridgehead atoms. The number of aliphatic hydroxyl groups excluding tert-OH is 1. The quantitative estimate of drug-likeness (QED) is 0.837. The number of ether oxygens (including phenoxy) is 1. The molecule has 2 atom stereocenters. The maximum atomic E-state index is 13.1. The van der Waals surface area contributed by atoms with Crippen molar-refractivity contribution in [2.45, 2.75) is 32.5 Å². The summed E-state index contributed by atoms with van der Waals surface area (Å²) < 4.78 is 30.9. The molecule has 1 N–H and O–H groups in total. The maximum Gasteiger partial charge on any atom is 0.167 e. The molecule has 0 saturated heterocycles. The molecule has 0 aromatic heterocycles. The van der Waals surface area contributed by atoms with Crippen molar-refractivity contribution >= 4 is 0 Å². The zero-order valence-electron chi connectivity index (χ0n) is 8.71. The fourth-order valence-corrected chi connectivity index (χ4v) is 1.18. The van der Waals surface area contributed by atoms with Gasteiger partial charge in [-0.1, -0.05) is 6.92 Å². The largest absolute Gasteiger partial charge is 0.485 e. The predicted molar refractivity (Wildman–Crippen MR) is 52.7 cm³/mol. The van der Waals surface area contributed by atoms with E-state index < -0.39 is 23.8 Å². The van der Waals surface area contributed by atoms with E-state index in [9.17, 15) is 13.9 Å².